The van der Waals surface area contributed by atoms with Gasteiger partial charge in [-0.2, -0.15) is 0 Å². The van der Waals surface area contributed by atoms with Crippen LogP contribution < -0.4 is 11.1 Å². The van der Waals surface area contributed by atoms with Crippen LogP contribution in [0.3, 0.4) is 0 Å². The maximum absolute atomic E-state index is 11.7. The molecule has 3 N–H and O–H groups in total. The molecule has 0 bridgehead atoms. The summed E-state index contributed by atoms with van der Waals surface area (Å²) in [4.78, 5) is 11.7. The molecule has 0 heterocycles. The molecule has 0 saturated heterocycles. The van der Waals surface area contributed by atoms with E-state index in [9.17, 15) is 4.79 Å². The Kier molecular flexibility index (Phi) is 6.84. The maximum atomic E-state index is 11.7. The van der Waals surface area contributed by atoms with Crippen molar-refractivity contribution in [2.75, 3.05) is 6.54 Å². The number of carbonyl (C=O) groups excluding carboxylic acids is 1. The highest BCUT2D eigenvalue weighted by molar-refractivity contribution is 5.76. The van der Waals surface area contributed by atoms with Crippen LogP contribution in [0.4, 0.5) is 0 Å². The first kappa shape index (κ1) is 16.5. The molecule has 0 radical (unpaired) electrons. The third-order valence-electron chi connectivity index (χ3n) is 3.91. The summed E-state index contributed by atoms with van der Waals surface area (Å²) in [5.41, 5.74) is 6.20. The van der Waals surface area contributed by atoms with Gasteiger partial charge in [0.1, 0.15) is 0 Å². The molecule has 1 fully saturated rings. The third-order valence-corrected chi connectivity index (χ3v) is 3.91. The van der Waals surface area contributed by atoms with Gasteiger partial charge in [-0.1, -0.05) is 46.5 Å². The molecule has 1 saturated carbocycles. The molecule has 3 heteroatoms. The van der Waals surface area contributed by atoms with Crippen LogP contribution in [0.15, 0.2) is 0 Å². The third kappa shape index (κ3) is 8.25. The molecule has 1 atom stereocenters. The number of nitrogens with one attached hydrogen (secondary N) is 1. The van der Waals surface area contributed by atoms with Crippen LogP contribution in [0, 0.1) is 11.3 Å². The lowest BCUT2D eigenvalue weighted by Crippen LogP contribution is -2.34. The first-order valence-electron chi connectivity index (χ1n) is 7.89. The van der Waals surface area contributed by atoms with E-state index in [0.717, 1.165) is 25.3 Å². The van der Waals surface area contributed by atoms with Crippen LogP contribution >= 0.6 is 0 Å². The molecule has 0 aliphatic heterocycles. The van der Waals surface area contributed by atoms with Crippen molar-refractivity contribution in [3.8, 4) is 0 Å². The smallest absolute Gasteiger partial charge is 0.221 e. The minimum Gasteiger partial charge on any atom is -0.356 e. The Balaban J connectivity index is 2.03. The number of carbonyl (C=O) groups is 1. The second-order valence-corrected chi connectivity index (χ2v) is 7.37. The summed E-state index contributed by atoms with van der Waals surface area (Å²) >= 11 is 0. The molecule has 1 unspecified atom stereocenters. The number of hydrogen-bond donors (Lipinski definition) is 2. The lowest BCUT2D eigenvalue weighted by Gasteiger charge is -2.22. The average molecular weight is 268 g/mol. The summed E-state index contributed by atoms with van der Waals surface area (Å²) in [5.74, 6) is 1.03. The summed E-state index contributed by atoms with van der Waals surface area (Å²) in [6.45, 7) is 7.29. The number of amides is 1. The minimum absolute atomic E-state index is 0.0187. The minimum atomic E-state index is -0.0187. The van der Waals surface area contributed by atoms with E-state index in [2.05, 4.69) is 26.1 Å². The Labute approximate surface area is 118 Å². The average Bonchev–Trinajstić information content (AvgIpc) is 2.74. The second kappa shape index (κ2) is 7.88. The molecule has 0 aromatic heterocycles. The van der Waals surface area contributed by atoms with Crippen LogP contribution in [0.1, 0.15) is 72.1 Å². The normalized spacial score (nSPS) is 18.5. The van der Waals surface area contributed by atoms with E-state index in [4.69, 9.17) is 5.73 Å². The van der Waals surface area contributed by atoms with Gasteiger partial charge in [0.15, 0.2) is 0 Å². The number of nitrogens with two attached hydrogens (primary N) is 1. The number of rotatable bonds is 7. The topological polar surface area (TPSA) is 55.1 Å². The molecular weight excluding hydrogens is 236 g/mol. The fourth-order valence-corrected chi connectivity index (χ4v) is 3.09. The standard InChI is InChI=1S/C16H32N2O/c1-16(2,3)12-14(17)11-15(19)18-10-6-9-13-7-4-5-8-13/h13-14H,4-12,17H2,1-3H3,(H,18,19). The fourth-order valence-electron chi connectivity index (χ4n) is 3.09. The molecule has 0 spiro atoms. The lowest BCUT2D eigenvalue weighted by molar-refractivity contribution is -0.121. The van der Waals surface area contributed by atoms with Gasteiger partial charge < -0.3 is 11.1 Å². The van der Waals surface area contributed by atoms with Gasteiger partial charge in [-0.15, -0.1) is 0 Å². The molecular formula is C16H32N2O. The van der Waals surface area contributed by atoms with Gasteiger partial charge >= 0.3 is 0 Å². The highest BCUT2D eigenvalue weighted by Gasteiger charge is 2.18. The SMILES string of the molecule is CC(C)(C)CC(N)CC(=O)NCCCC1CCCC1. The van der Waals surface area contributed by atoms with Crippen molar-refractivity contribution in [1.29, 1.82) is 0 Å². The molecule has 1 aliphatic rings. The van der Waals surface area contributed by atoms with Crippen molar-refractivity contribution < 1.29 is 4.79 Å². The quantitative estimate of drug-likeness (QED) is 0.697. The monoisotopic (exact) mass is 268 g/mol. The van der Waals surface area contributed by atoms with E-state index < -0.39 is 0 Å². The molecule has 3 nitrogen and oxygen atoms in total. The van der Waals surface area contributed by atoms with Gasteiger partial charge in [-0.05, 0) is 30.6 Å². The zero-order valence-electron chi connectivity index (χ0n) is 13.0. The van der Waals surface area contributed by atoms with Crippen LogP contribution in [0.25, 0.3) is 0 Å². The largest absolute Gasteiger partial charge is 0.356 e. The Morgan fingerprint density at radius 2 is 1.95 bits per heavy atom. The second-order valence-electron chi connectivity index (χ2n) is 7.37. The molecule has 1 rings (SSSR count). The first-order valence-corrected chi connectivity index (χ1v) is 7.89. The van der Waals surface area contributed by atoms with Crippen molar-refractivity contribution in [1.82, 2.24) is 5.32 Å². The van der Waals surface area contributed by atoms with E-state index in [1.807, 2.05) is 0 Å². The summed E-state index contributed by atoms with van der Waals surface area (Å²) in [5, 5.41) is 3.00. The van der Waals surface area contributed by atoms with Crippen LogP contribution in [-0.4, -0.2) is 18.5 Å². The van der Waals surface area contributed by atoms with Crippen LogP contribution in [-0.2, 0) is 4.79 Å². The van der Waals surface area contributed by atoms with Crippen molar-refractivity contribution in [3.63, 3.8) is 0 Å². The van der Waals surface area contributed by atoms with E-state index in [0.29, 0.717) is 6.42 Å². The van der Waals surface area contributed by atoms with Crippen molar-refractivity contribution in [2.45, 2.75) is 78.2 Å². The van der Waals surface area contributed by atoms with E-state index >= 15 is 0 Å². The van der Waals surface area contributed by atoms with Gasteiger partial charge in [-0.3, -0.25) is 4.79 Å². The fraction of sp³-hybridized carbons (Fsp3) is 0.938. The summed E-state index contributed by atoms with van der Waals surface area (Å²) in [7, 11) is 0. The Morgan fingerprint density at radius 1 is 1.32 bits per heavy atom. The maximum Gasteiger partial charge on any atom is 0.221 e. The van der Waals surface area contributed by atoms with Gasteiger partial charge in [-0.25, -0.2) is 0 Å². The predicted molar refractivity (Wildman–Crippen MR) is 80.9 cm³/mol. The number of hydrogen-bond acceptors (Lipinski definition) is 2. The molecule has 0 aromatic carbocycles. The lowest BCUT2D eigenvalue weighted by atomic mass is 9.87. The van der Waals surface area contributed by atoms with Gasteiger partial charge in [0.25, 0.3) is 0 Å². The summed E-state index contributed by atoms with van der Waals surface area (Å²) in [6.07, 6.45) is 9.33. The highest BCUT2D eigenvalue weighted by atomic mass is 16.1. The van der Waals surface area contributed by atoms with Gasteiger partial charge in [0.2, 0.25) is 5.91 Å². The van der Waals surface area contributed by atoms with E-state index in [1.165, 1.54) is 32.1 Å². The van der Waals surface area contributed by atoms with Crippen molar-refractivity contribution in [3.05, 3.63) is 0 Å². The van der Waals surface area contributed by atoms with Crippen molar-refractivity contribution in [2.24, 2.45) is 17.1 Å². The molecule has 19 heavy (non-hydrogen) atoms. The zero-order valence-corrected chi connectivity index (χ0v) is 13.0. The molecule has 0 aromatic rings. The Hall–Kier alpha value is -0.570. The predicted octanol–water partition coefficient (Wildman–Crippen LogP) is 3.23. The van der Waals surface area contributed by atoms with Crippen LogP contribution in [0.5, 0.6) is 0 Å². The Morgan fingerprint density at radius 3 is 2.53 bits per heavy atom. The van der Waals surface area contributed by atoms with Crippen LogP contribution in [0.2, 0.25) is 0 Å². The van der Waals surface area contributed by atoms with Gasteiger partial charge in [0.05, 0.1) is 0 Å². The summed E-state index contributed by atoms with van der Waals surface area (Å²) in [6, 6.07) is -0.0187. The van der Waals surface area contributed by atoms with E-state index in [-0.39, 0.29) is 17.4 Å². The van der Waals surface area contributed by atoms with E-state index in [1.54, 1.807) is 0 Å². The molecule has 112 valence electrons. The highest BCUT2D eigenvalue weighted by Crippen LogP contribution is 2.28. The van der Waals surface area contributed by atoms with Gasteiger partial charge in [0, 0.05) is 19.0 Å². The molecule has 1 amide bonds. The van der Waals surface area contributed by atoms with Crippen molar-refractivity contribution >= 4 is 5.91 Å². The zero-order chi connectivity index (χ0) is 14.3. The molecule has 1 aliphatic carbocycles. The Bertz CT molecular complexity index is 264. The summed E-state index contributed by atoms with van der Waals surface area (Å²) < 4.78 is 0. The first-order chi connectivity index (χ1) is 8.87.